The molecular formula is C26H28N2O4. The fraction of sp³-hybridized carbons (Fsp3) is 0.269. The largest absolute Gasteiger partial charge is 0.495 e. The second-order valence-corrected chi connectivity index (χ2v) is 7.68. The van der Waals surface area contributed by atoms with Crippen molar-refractivity contribution in [2.24, 2.45) is 0 Å². The number of urea groups is 1. The van der Waals surface area contributed by atoms with Crippen LogP contribution in [0.15, 0.2) is 71.1 Å². The highest BCUT2D eigenvalue weighted by Crippen LogP contribution is 2.36. The van der Waals surface area contributed by atoms with E-state index in [4.69, 9.17) is 13.9 Å². The second-order valence-electron chi connectivity index (χ2n) is 7.68. The molecule has 0 saturated heterocycles. The highest BCUT2D eigenvalue weighted by molar-refractivity contribution is 6.07. The number of para-hydroxylation sites is 1. The van der Waals surface area contributed by atoms with E-state index >= 15 is 0 Å². The van der Waals surface area contributed by atoms with Gasteiger partial charge in [-0.3, -0.25) is 0 Å². The number of unbranched alkanes of at least 4 members (excludes halogenated alkanes) is 1. The number of ether oxygens (including phenoxy) is 2. The van der Waals surface area contributed by atoms with Crippen LogP contribution in [0.4, 0.5) is 10.5 Å². The van der Waals surface area contributed by atoms with E-state index in [1.807, 2.05) is 71.6 Å². The molecule has 0 aliphatic carbocycles. The predicted molar refractivity (Wildman–Crippen MR) is 127 cm³/mol. The Kier molecular flexibility index (Phi) is 6.92. The summed E-state index contributed by atoms with van der Waals surface area (Å²) in [6.07, 6.45) is 1.75. The van der Waals surface area contributed by atoms with Crippen LogP contribution in [-0.4, -0.2) is 38.3 Å². The van der Waals surface area contributed by atoms with Crippen LogP contribution in [0.1, 0.15) is 18.4 Å². The van der Waals surface area contributed by atoms with E-state index in [0.29, 0.717) is 36.7 Å². The molecule has 4 rings (SSSR count). The Morgan fingerprint density at radius 3 is 2.50 bits per heavy atom. The lowest BCUT2D eigenvalue weighted by atomic mass is 10.1. The van der Waals surface area contributed by atoms with E-state index in [1.165, 1.54) is 0 Å². The zero-order chi connectivity index (χ0) is 22.3. The highest BCUT2D eigenvalue weighted by atomic mass is 16.5. The standard InChI is InChI=1S/C26H28N2O4/c1-30-15-9-8-14-28(18-19-10-4-3-5-11-19)26(29)27-22-17-24-21(16-25(22)31-2)20-12-6-7-13-23(20)32-24/h3-7,10-13,16-17H,8-9,14-15,18H2,1-2H3,(H,27,29). The number of carbonyl (C=O) groups excluding carboxylic acids is 1. The van der Waals surface area contributed by atoms with E-state index in [-0.39, 0.29) is 6.03 Å². The molecule has 4 aromatic rings. The van der Waals surface area contributed by atoms with Crippen molar-refractivity contribution in [3.8, 4) is 5.75 Å². The van der Waals surface area contributed by atoms with Crippen molar-refractivity contribution in [1.82, 2.24) is 4.90 Å². The molecule has 6 nitrogen and oxygen atoms in total. The molecule has 0 spiro atoms. The smallest absolute Gasteiger partial charge is 0.322 e. The molecule has 2 amide bonds. The number of fused-ring (bicyclic) bond motifs is 3. The van der Waals surface area contributed by atoms with Crippen LogP contribution >= 0.6 is 0 Å². The van der Waals surface area contributed by atoms with Gasteiger partial charge in [-0.15, -0.1) is 0 Å². The number of benzene rings is 3. The Labute approximate surface area is 187 Å². The first-order chi connectivity index (χ1) is 15.7. The zero-order valence-corrected chi connectivity index (χ0v) is 18.5. The Morgan fingerprint density at radius 1 is 0.938 bits per heavy atom. The second kappa shape index (κ2) is 10.2. The van der Waals surface area contributed by atoms with Crippen LogP contribution in [0.25, 0.3) is 21.9 Å². The van der Waals surface area contributed by atoms with Gasteiger partial charge in [-0.2, -0.15) is 0 Å². The molecule has 32 heavy (non-hydrogen) atoms. The van der Waals surface area contributed by atoms with Gasteiger partial charge < -0.3 is 24.1 Å². The predicted octanol–water partition coefficient (Wildman–Crippen LogP) is 6.06. The van der Waals surface area contributed by atoms with Crippen molar-refractivity contribution in [3.05, 3.63) is 72.3 Å². The molecule has 6 heteroatoms. The van der Waals surface area contributed by atoms with Crippen molar-refractivity contribution < 1.29 is 18.7 Å². The summed E-state index contributed by atoms with van der Waals surface area (Å²) in [4.78, 5) is 15.1. The molecule has 0 aliphatic heterocycles. The van der Waals surface area contributed by atoms with Crippen LogP contribution in [-0.2, 0) is 11.3 Å². The summed E-state index contributed by atoms with van der Waals surface area (Å²) in [6, 6.07) is 21.4. The Hall–Kier alpha value is -3.51. The summed E-state index contributed by atoms with van der Waals surface area (Å²) in [7, 11) is 3.29. The van der Waals surface area contributed by atoms with E-state index in [1.54, 1.807) is 14.2 Å². The molecule has 1 heterocycles. The van der Waals surface area contributed by atoms with Crippen molar-refractivity contribution in [2.75, 3.05) is 32.7 Å². The first-order valence-electron chi connectivity index (χ1n) is 10.8. The van der Waals surface area contributed by atoms with Gasteiger partial charge in [0, 0.05) is 43.6 Å². The first-order valence-corrected chi connectivity index (χ1v) is 10.8. The first kappa shape index (κ1) is 21.7. The van der Waals surface area contributed by atoms with Gasteiger partial charge in [-0.25, -0.2) is 4.79 Å². The maximum atomic E-state index is 13.3. The van der Waals surface area contributed by atoms with Gasteiger partial charge >= 0.3 is 6.03 Å². The normalized spacial score (nSPS) is 11.1. The van der Waals surface area contributed by atoms with Gasteiger partial charge in [0.05, 0.1) is 12.8 Å². The average molecular weight is 433 g/mol. The van der Waals surface area contributed by atoms with Gasteiger partial charge in [-0.1, -0.05) is 48.5 Å². The quantitative estimate of drug-likeness (QED) is 0.327. The maximum Gasteiger partial charge on any atom is 0.322 e. The fourth-order valence-electron chi connectivity index (χ4n) is 3.82. The molecule has 0 radical (unpaired) electrons. The van der Waals surface area contributed by atoms with Gasteiger partial charge in [0.15, 0.2) is 0 Å². The number of methoxy groups -OCH3 is 2. The number of hydrogen-bond acceptors (Lipinski definition) is 4. The van der Waals surface area contributed by atoms with Crippen molar-refractivity contribution in [1.29, 1.82) is 0 Å². The van der Waals surface area contributed by atoms with Crippen LogP contribution in [0.5, 0.6) is 5.75 Å². The number of carbonyl (C=O) groups is 1. The van der Waals surface area contributed by atoms with Gasteiger partial charge in [0.25, 0.3) is 0 Å². The zero-order valence-electron chi connectivity index (χ0n) is 18.5. The Morgan fingerprint density at radius 2 is 1.72 bits per heavy atom. The summed E-state index contributed by atoms with van der Waals surface area (Å²) < 4.78 is 16.7. The van der Waals surface area contributed by atoms with Crippen molar-refractivity contribution in [2.45, 2.75) is 19.4 Å². The molecule has 0 aliphatic rings. The summed E-state index contributed by atoms with van der Waals surface area (Å²) in [5.74, 6) is 0.594. The Bertz CT molecular complexity index is 1190. The number of amides is 2. The molecule has 1 N–H and O–H groups in total. The lowest BCUT2D eigenvalue weighted by Crippen LogP contribution is -2.35. The van der Waals surface area contributed by atoms with E-state index in [2.05, 4.69) is 5.32 Å². The average Bonchev–Trinajstić information content (AvgIpc) is 3.18. The molecule has 166 valence electrons. The topological polar surface area (TPSA) is 63.9 Å². The van der Waals surface area contributed by atoms with Gasteiger partial charge in [0.1, 0.15) is 16.9 Å². The molecular weight excluding hydrogens is 404 g/mol. The minimum Gasteiger partial charge on any atom is -0.495 e. The minimum atomic E-state index is -0.181. The monoisotopic (exact) mass is 432 g/mol. The van der Waals surface area contributed by atoms with Crippen LogP contribution in [0.3, 0.4) is 0 Å². The third-order valence-electron chi connectivity index (χ3n) is 5.47. The van der Waals surface area contributed by atoms with E-state index in [0.717, 1.165) is 34.8 Å². The van der Waals surface area contributed by atoms with Crippen molar-refractivity contribution >= 4 is 33.7 Å². The maximum absolute atomic E-state index is 13.3. The Balaban J connectivity index is 1.58. The molecule has 0 saturated carbocycles. The third-order valence-corrected chi connectivity index (χ3v) is 5.47. The van der Waals surface area contributed by atoms with Crippen molar-refractivity contribution in [3.63, 3.8) is 0 Å². The van der Waals surface area contributed by atoms with E-state index < -0.39 is 0 Å². The lowest BCUT2D eigenvalue weighted by Gasteiger charge is -2.24. The van der Waals surface area contributed by atoms with Crippen LogP contribution in [0.2, 0.25) is 0 Å². The van der Waals surface area contributed by atoms with E-state index in [9.17, 15) is 4.79 Å². The third kappa shape index (κ3) is 4.86. The summed E-state index contributed by atoms with van der Waals surface area (Å²) in [5, 5.41) is 5.00. The van der Waals surface area contributed by atoms with Gasteiger partial charge in [-0.05, 0) is 30.5 Å². The number of nitrogens with zero attached hydrogens (tertiary/aromatic N) is 1. The summed E-state index contributed by atoms with van der Waals surface area (Å²) >= 11 is 0. The molecule has 0 fully saturated rings. The number of rotatable bonds is 9. The fourth-order valence-corrected chi connectivity index (χ4v) is 3.82. The number of furan rings is 1. The molecule has 3 aromatic carbocycles. The lowest BCUT2D eigenvalue weighted by molar-refractivity contribution is 0.182. The summed E-state index contributed by atoms with van der Waals surface area (Å²) in [5.41, 5.74) is 3.17. The van der Waals surface area contributed by atoms with Crippen LogP contribution in [0, 0.1) is 0 Å². The molecule has 1 aromatic heterocycles. The van der Waals surface area contributed by atoms with Crippen LogP contribution < -0.4 is 10.1 Å². The number of anilines is 1. The van der Waals surface area contributed by atoms with Gasteiger partial charge in [0.2, 0.25) is 0 Å². The minimum absolute atomic E-state index is 0.181. The summed E-state index contributed by atoms with van der Waals surface area (Å²) in [6.45, 7) is 1.82. The molecule has 0 bridgehead atoms. The molecule has 0 unspecified atom stereocenters. The number of hydrogen-bond donors (Lipinski definition) is 1. The highest BCUT2D eigenvalue weighted by Gasteiger charge is 2.18. The SMILES string of the molecule is COCCCCN(Cc1ccccc1)C(=O)Nc1cc2oc3ccccc3c2cc1OC. The molecule has 0 atom stereocenters. The number of nitrogens with one attached hydrogen (secondary N) is 1.